The highest BCUT2D eigenvalue weighted by molar-refractivity contribution is 6.30. The van der Waals surface area contributed by atoms with Gasteiger partial charge in [0.15, 0.2) is 0 Å². The van der Waals surface area contributed by atoms with Gasteiger partial charge in [0.1, 0.15) is 11.6 Å². The van der Waals surface area contributed by atoms with Crippen molar-refractivity contribution < 1.29 is 14.3 Å². The molecular weight excluding hydrogens is 428 g/mol. The third-order valence-corrected chi connectivity index (χ3v) is 5.07. The molecule has 3 rings (SSSR count). The van der Waals surface area contributed by atoms with Gasteiger partial charge in [-0.25, -0.2) is 4.98 Å². The number of benzene rings is 2. The molecule has 0 aliphatic rings. The lowest BCUT2D eigenvalue weighted by molar-refractivity contribution is -0.143. The van der Waals surface area contributed by atoms with Crippen LogP contribution in [0, 0.1) is 0 Å². The summed E-state index contributed by atoms with van der Waals surface area (Å²) in [5, 5.41) is 0.603. The molecule has 0 saturated heterocycles. The van der Waals surface area contributed by atoms with Crippen LogP contribution in [-0.4, -0.2) is 29.2 Å². The van der Waals surface area contributed by atoms with Crippen LogP contribution in [0.25, 0.3) is 11.1 Å². The van der Waals surface area contributed by atoms with Crippen LogP contribution >= 0.6 is 11.6 Å². The van der Waals surface area contributed by atoms with Crippen molar-refractivity contribution in [3.05, 3.63) is 64.8 Å². The number of esters is 1. The molecule has 0 radical (unpaired) electrons. The highest BCUT2D eigenvalue weighted by Gasteiger charge is 2.15. The van der Waals surface area contributed by atoms with Crippen LogP contribution in [0.4, 0.5) is 11.8 Å². The molecule has 0 atom stereocenters. The van der Waals surface area contributed by atoms with Crippen LogP contribution in [0.2, 0.25) is 5.02 Å². The Morgan fingerprint density at radius 2 is 1.88 bits per heavy atom. The van der Waals surface area contributed by atoms with E-state index in [-0.39, 0.29) is 11.9 Å². The zero-order valence-electron chi connectivity index (χ0n) is 18.0. The largest absolute Gasteiger partial charge is 0.493 e. The molecule has 0 spiro atoms. The molecule has 2 aromatic carbocycles. The number of nitrogens with zero attached hydrogens (tertiary/aromatic N) is 2. The molecule has 0 amide bonds. The van der Waals surface area contributed by atoms with E-state index < -0.39 is 0 Å². The predicted octanol–water partition coefficient (Wildman–Crippen LogP) is 4.47. The minimum Gasteiger partial charge on any atom is -0.493 e. The molecular formula is C24H27ClN4O3. The molecule has 1 aromatic heterocycles. The fraction of sp³-hybridized carbons (Fsp3) is 0.292. The summed E-state index contributed by atoms with van der Waals surface area (Å²) in [4.78, 5) is 20.1. The van der Waals surface area contributed by atoms with Gasteiger partial charge in [-0.2, -0.15) is 4.98 Å². The number of aryl methyl sites for hydroxylation is 2. The maximum atomic E-state index is 11.5. The lowest BCUT2D eigenvalue weighted by Gasteiger charge is -2.14. The van der Waals surface area contributed by atoms with E-state index in [4.69, 9.17) is 32.5 Å². The zero-order chi connectivity index (χ0) is 22.9. The van der Waals surface area contributed by atoms with Gasteiger partial charge >= 0.3 is 5.97 Å². The summed E-state index contributed by atoms with van der Waals surface area (Å²) >= 11 is 6.17. The first-order chi connectivity index (χ1) is 15.5. The SMILES string of the molecule is CCOC(=O)CCCOc1ccccc1CCc1nc(N)nc(N)c1-c1cccc(Cl)c1. The Morgan fingerprint density at radius 1 is 1.06 bits per heavy atom. The Bertz CT molecular complexity index is 1070. The number of aromatic nitrogens is 2. The molecule has 7 nitrogen and oxygen atoms in total. The first-order valence-electron chi connectivity index (χ1n) is 10.5. The van der Waals surface area contributed by atoms with Gasteiger partial charge in [0.05, 0.1) is 18.9 Å². The van der Waals surface area contributed by atoms with Crippen LogP contribution in [0.1, 0.15) is 31.0 Å². The molecule has 8 heteroatoms. The van der Waals surface area contributed by atoms with Gasteiger partial charge in [-0.15, -0.1) is 0 Å². The maximum absolute atomic E-state index is 11.5. The lowest BCUT2D eigenvalue weighted by Crippen LogP contribution is -2.09. The van der Waals surface area contributed by atoms with E-state index in [0.29, 0.717) is 49.7 Å². The van der Waals surface area contributed by atoms with Crippen molar-refractivity contribution in [2.24, 2.45) is 0 Å². The third kappa shape index (κ3) is 6.34. The molecule has 4 N–H and O–H groups in total. The van der Waals surface area contributed by atoms with Crippen molar-refractivity contribution in [2.45, 2.75) is 32.6 Å². The van der Waals surface area contributed by atoms with Crippen molar-refractivity contribution in [2.75, 3.05) is 24.7 Å². The van der Waals surface area contributed by atoms with E-state index in [0.717, 1.165) is 28.1 Å². The van der Waals surface area contributed by atoms with Gasteiger partial charge in [0.2, 0.25) is 5.95 Å². The molecule has 0 saturated carbocycles. The second-order valence-corrected chi connectivity index (χ2v) is 7.60. The van der Waals surface area contributed by atoms with E-state index >= 15 is 0 Å². The summed E-state index contributed by atoms with van der Waals surface area (Å²) in [6.45, 7) is 2.61. The van der Waals surface area contributed by atoms with Gasteiger partial charge in [-0.1, -0.05) is 41.9 Å². The molecule has 32 heavy (non-hydrogen) atoms. The summed E-state index contributed by atoms with van der Waals surface area (Å²) in [5.41, 5.74) is 15.4. The summed E-state index contributed by atoms with van der Waals surface area (Å²) in [7, 11) is 0. The van der Waals surface area contributed by atoms with E-state index in [1.165, 1.54) is 0 Å². The van der Waals surface area contributed by atoms with Crippen LogP contribution in [0.15, 0.2) is 48.5 Å². The number of hydrogen-bond donors (Lipinski definition) is 2. The Morgan fingerprint density at radius 3 is 2.66 bits per heavy atom. The van der Waals surface area contributed by atoms with Gasteiger partial charge in [0, 0.05) is 17.0 Å². The van der Waals surface area contributed by atoms with E-state index in [9.17, 15) is 4.79 Å². The minimum absolute atomic E-state index is 0.131. The number of rotatable bonds is 10. The summed E-state index contributed by atoms with van der Waals surface area (Å²) in [5.74, 6) is 1.01. The second-order valence-electron chi connectivity index (χ2n) is 7.16. The lowest BCUT2D eigenvalue weighted by atomic mass is 9.99. The van der Waals surface area contributed by atoms with Crippen LogP contribution in [0.5, 0.6) is 5.75 Å². The highest BCUT2D eigenvalue weighted by atomic mass is 35.5. The Labute approximate surface area is 192 Å². The average Bonchev–Trinajstić information content (AvgIpc) is 2.75. The molecule has 0 unspecified atom stereocenters. The van der Waals surface area contributed by atoms with Crippen LogP contribution < -0.4 is 16.2 Å². The quantitative estimate of drug-likeness (QED) is 0.343. The van der Waals surface area contributed by atoms with Gasteiger partial charge in [-0.05, 0) is 55.5 Å². The Balaban J connectivity index is 1.73. The topological polar surface area (TPSA) is 113 Å². The van der Waals surface area contributed by atoms with Crippen molar-refractivity contribution in [1.82, 2.24) is 9.97 Å². The van der Waals surface area contributed by atoms with Crippen LogP contribution in [-0.2, 0) is 22.4 Å². The van der Waals surface area contributed by atoms with E-state index in [2.05, 4.69) is 9.97 Å². The van der Waals surface area contributed by atoms with E-state index in [1.54, 1.807) is 13.0 Å². The number of ether oxygens (including phenoxy) is 2. The van der Waals surface area contributed by atoms with Crippen molar-refractivity contribution in [1.29, 1.82) is 0 Å². The molecule has 0 aliphatic carbocycles. The first-order valence-corrected chi connectivity index (χ1v) is 10.9. The molecule has 3 aromatic rings. The Kier molecular flexibility index (Phi) is 8.27. The van der Waals surface area contributed by atoms with Gasteiger partial charge in [0.25, 0.3) is 0 Å². The number of nitrogen functional groups attached to an aromatic ring is 2. The Hall–Kier alpha value is -3.32. The average molecular weight is 455 g/mol. The van der Waals surface area contributed by atoms with Crippen LogP contribution in [0.3, 0.4) is 0 Å². The normalized spacial score (nSPS) is 10.7. The van der Waals surface area contributed by atoms with E-state index in [1.807, 2.05) is 42.5 Å². The fourth-order valence-electron chi connectivity index (χ4n) is 3.42. The number of halogens is 1. The molecule has 0 fully saturated rings. The monoisotopic (exact) mass is 454 g/mol. The summed E-state index contributed by atoms with van der Waals surface area (Å²) in [6.07, 6.45) is 2.17. The second kappa shape index (κ2) is 11.3. The molecule has 0 aliphatic heterocycles. The minimum atomic E-state index is -0.211. The third-order valence-electron chi connectivity index (χ3n) is 4.83. The summed E-state index contributed by atoms with van der Waals surface area (Å²) < 4.78 is 10.9. The van der Waals surface area contributed by atoms with Gasteiger partial charge < -0.3 is 20.9 Å². The zero-order valence-corrected chi connectivity index (χ0v) is 18.8. The van der Waals surface area contributed by atoms with Crippen molar-refractivity contribution in [3.8, 4) is 16.9 Å². The highest BCUT2D eigenvalue weighted by Crippen LogP contribution is 2.31. The number of para-hydroxylation sites is 1. The summed E-state index contributed by atoms with van der Waals surface area (Å²) in [6, 6.07) is 15.2. The number of anilines is 2. The number of hydrogen-bond acceptors (Lipinski definition) is 7. The molecule has 0 bridgehead atoms. The first kappa shape index (κ1) is 23.3. The predicted molar refractivity (Wildman–Crippen MR) is 127 cm³/mol. The number of carbonyl (C=O) groups excluding carboxylic acids is 1. The number of carbonyl (C=O) groups is 1. The van der Waals surface area contributed by atoms with Crippen molar-refractivity contribution >= 4 is 29.3 Å². The van der Waals surface area contributed by atoms with Crippen molar-refractivity contribution in [3.63, 3.8) is 0 Å². The molecule has 1 heterocycles. The maximum Gasteiger partial charge on any atom is 0.305 e. The fourth-order valence-corrected chi connectivity index (χ4v) is 3.61. The number of nitrogens with two attached hydrogens (primary N) is 2. The molecule has 168 valence electrons. The van der Waals surface area contributed by atoms with Gasteiger partial charge in [-0.3, -0.25) is 4.79 Å². The standard InChI is InChI=1S/C24H27ClN4O3/c1-2-31-21(30)11-6-14-32-20-10-4-3-7-16(20)12-13-19-22(23(26)29-24(27)28-19)17-8-5-9-18(25)15-17/h3-5,7-10,15H,2,6,11-14H2,1H3,(H4,26,27,28,29). The smallest absolute Gasteiger partial charge is 0.305 e.